The lowest BCUT2D eigenvalue weighted by atomic mass is 10.1. The van der Waals surface area contributed by atoms with Gasteiger partial charge < -0.3 is 9.30 Å². The number of nitrogens with one attached hydrogen (secondary N) is 1. The average Bonchev–Trinajstić information content (AvgIpc) is 3.00. The second-order valence-electron chi connectivity index (χ2n) is 5.49. The zero-order valence-electron chi connectivity index (χ0n) is 14.0. The summed E-state index contributed by atoms with van der Waals surface area (Å²) in [6.07, 6.45) is 2.64. The Bertz CT molecular complexity index is 964. The van der Waals surface area contributed by atoms with E-state index in [9.17, 15) is 9.59 Å². The Morgan fingerprint density at radius 2 is 2.12 bits per heavy atom. The van der Waals surface area contributed by atoms with Gasteiger partial charge in [-0.3, -0.25) is 14.9 Å². The van der Waals surface area contributed by atoms with E-state index in [1.54, 1.807) is 29.0 Å². The van der Waals surface area contributed by atoms with Crippen molar-refractivity contribution in [2.45, 2.75) is 26.8 Å². The zero-order valence-corrected chi connectivity index (χ0v) is 14.8. The molecule has 0 saturated heterocycles. The van der Waals surface area contributed by atoms with Gasteiger partial charge in [-0.2, -0.15) is 0 Å². The number of carbonyl (C=O) groups is 1. The topological polar surface area (TPSA) is 86.1 Å². The van der Waals surface area contributed by atoms with Crippen molar-refractivity contribution in [3.05, 3.63) is 45.8 Å². The molecule has 1 N–H and O–H groups in total. The largest absolute Gasteiger partial charge is 0.483 e. The van der Waals surface area contributed by atoms with Crippen molar-refractivity contribution in [1.29, 1.82) is 0 Å². The quantitative estimate of drug-likeness (QED) is 0.732. The Morgan fingerprint density at radius 3 is 2.84 bits per heavy atom. The summed E-state index contributed by atoms with van der Waals surface area (Å²) in [5, 5.41) is 12.8. The molecule has 0 radical (unpaired) electrons. The number of anilines is 1. The number of pyridine rings is 1. The number of nitrogens with zero attached hydrogens (tertiary/aromatic N) is 3. The number of rotatable bonds is 6. The summed E-state index contributed by atoms with van der Waals surface area (Å²) in [7, 11) is 0. The molecule has 2 aromatic heterocycles. The number of hydrogen-bond donors (Lipinski definition) is 1. The van der Waals surface area contributed by atoms with Gasteiger partial charge in [0.2, 0.25) is 5.13 Å². The van der Waals surface area contributed by atoms with Crippen molar-refractivity contribution in [3.63, 3.8) is 0 Å². The maximum atomic E-state index is 12.5. The molecule has 1 aromatic carbocycles. The fourth-order valence-corrected chi connectivity index (χ4v) is 3.09. The Morgan fingerprint density at radius 1 is 1.28 bits per heavy atom. The van der Waals surface area contributed by atoms with Crippen molar-refractivity contribution < 1.29 is 9.53 Å². The maximum Gasteiger partial charge on any atom is 0.264 e. The van der Waals surface area contributed by atoms with Crippen LogP contribution in [0.5, 0.6) is 5.75 Å². The van der Waals surface area contributed by atoms with Crippen molar-refractivity contribution in [3.8, 4) is 5.75 Å². The van der Waals surface area contributed by atoms with Gasteiger partial charge >= 0.3 is 0 Å². The van der Waals surface area contributed by atoms with Gasteiger partial charge in [0, 0.05) is 18.1 Å². The summed E-state index contributed by atoms with van der Waals surface area (Å²) in [5.41, 5.74) is -0.0569. The van der Waals surface area contributed by atoms with Crippen LogP contribution in [0.15, 0.2) is 35.3 Å². The van der Waals surface area contributed by atoms with E-state index in [0.29, 0.717) is 28.2 Å². The third-order valence-corrected chi connectivity index (χ3v) is 4.33. The molecule has 0 aliphatic heterocycles. The predicted molar refractivity (Wildman–Crippen MR) is 97.3 cm³/mol. The highest BCUT2D eigenvalue weighted by Crippen LogP contribution is 2.23. The summed E-state index contributed by atoms with van der Waals surface area (Å²) >= 11 is 1.29. The lowest BCUT2D eigenvalue weighted by molar-refractivity contribution is -0.118. The molecule has 0 saturated carbocycles. The molecular weight excluding hydrogens is 340 g/mol. The van der Waals surface area contributed by atoms with E-state index in [4.69, 9.17) is 4.74 Å². The molecule has 1 amide bonds. The minimum atomic E-state index is -0.326. The summed E-state index contributed by atoms with van der Waals surface area (Å²) in [5.74, 6) is 0.175. The molecule has 0 atom stereocenters. The highest BCUT2D eigenvalue weighted by Gasteiger charge is 2.10. The van der Waals surface area contributed by atoms with Crippen molar-refractivity contribution >= 4 is 33.1 Å². The first-order valence-electron chi connectivity index (χ1n) is 7.93. The molecule has 0 fully saturated rings. The van der Waals surface area contributed by atoms with Gasteiger partial charge in [-0.1, -0.05) is 24.3 Å². The third-order valence-electron chi connectivity index (χ3n) is 3.57. The van der Waals surface area contributed by atoms with Crippen molar-refractivity contribution in [2.24, 2.45) is 0 Å². The van der Waals surface area contributed by atoms with Gasteiger partial charge in [-0.15, -0.1) is 10.2 Å². The molecule has 0 unspecified atom stereocenters. The van der Waals surface area contributed by atoms with Gasteiger partial charge in [0.25, 0.3) is 11.5 Å². The molecule has 25 heavy (non-hydrogen) atoms. The van der Waals surface area contributed by atoms with E-state index in [1.807, 2.05) is 19.9 Å². The highest BCUT2D eigenvalue weighted by molar-refractivity contribution is 7.15. The van der Waals surface area contributed by atoms with E-state index in [2.05, 4.69) is 15.5 Å². The molecule has 2 heterocycles. The second-order valence-corrected chi connectivity index (χ2v) is 6.68. The predicted octanol–water partition coefficient (Wildman–Crippen LogP) is 2.59. The third kappa shape index (κ3) is 3.85. The minimum Gasteiger partial charge on any atom is -0.483 e. The van der Waals surface area contributed by atoms with Crippen LogP contribution < -0.4 is 15.6 Å². The van der Waals surface area contributed by atoms with E-state index >= 15 is 0 Å². The number of benzene rings is 1. The molecule has 8 heteroatoms. The highest BCUT2D eigenvalue weighted by atomic mass is 32.1. The zero-order chi connectivity index (χ0) is 17.8. The van der Waals surface area contributed by atoms with Crippen LogP contribution in [-0.2, 0) is 11.3 Å². The normalized spacial score (nSPS) is 10.8. The fraction of sp³-hybridized carbons (Fsp3) is 0.294. The lowest BCUT2D eigenvalue weighted by Gasteiger charge is -2.10. The fourth-order valence-electron chi connectivity index (χ4n) is 2.48. The Labute approximate surface area is 148 Å². The van der Waals surface area contributed by atoms with Crippen LogP contribution in [0, 0.1) is 6.92 Å². The van der Waals surface area contributed by atoms with Crippen LogP contribution in [0.1, 0.15) is 18.4 Å². The maximum absolute atomic E-state index is 12.5. The number of amides is 1. The van der Waals surface area contributed by atoms with Gasteiger partial charge in [-0.25, -0.2) is 0 Å². The molecule has 0 aliphatic carbocycles. The van der Waals surface area contributed by atoms with Gasteiger partial charge in [0.1, 0.15) is 10.8 Å². The smallest absolute Gasteiger partial charge is 0.264 e. The Hall–Kier alpha value is -2.74. The van der Waals surface area contributed by atoms with Gasteiger partial charge in [-0.05, 0) is 31.5 Å². The summed E-state index contributed by atoms with van der Waals surface area (Å²) in [4.78, 5) is 24.4. The molecular formula is C17H18N4O3S. The summed E-state index contributed by atoms with van der Waals surface area (Å²) in [6.45, 7) is 4.33. The van der Waals surface area contributed by atoms with E-state index < -0.39 is 0 Å². The number of aromatic nitrogens is 3. The summed E-state index contributed by atoms with van der Waals surface area (Å²) < 4.78 is 7.29. The Kier molecular flexibility index (Phi) is 5.08. The van der Waals surface area contributed by atoms with E-state index in [0.717, 1.165) is 11.4 Å². The van der Waals surface area contributed by atoms with Crippen LogP contribution in [0.3, 0.4) is 0 Å². The first-order chi connectivity index (χ1) is 12.1. The molecule has 3 rings (SSSR count). The van der Waals surface area contributed by atoms with E-state index in [-0.39, 0.29) is 18.1 Å². The van der Waals surface area contributed by atoms with E-state index in [1.165, 1.54) is 11.3 Å². The number of hydrogen-bond acceptors (Lipinski definition) is 6. The first-order valence-corrected chi connectivity index (χ1v) is 8.75. The van der Waals surface area contributed by atoms with Gasteiger partial charge in [0.05, 0.1) is 5.39 Å². The Balaban J connectivity index is 1.76. The van der Waals surface area contributed by atoms with Crippen LogP contribution >= 0.6 is 11.3 Å². The number of carbonyl (C=O) groups excluding carboxylic acids is 1. The van der Waals surface area contributed by atoms with Crippen LogP contribution in [0.4, 0.5) is 5.13 Å². The lowest BCUT2D eigenvalue weighted by Crippen LogP contribution is -2.21. The molecule has 3 aromatic rings. The molecule has 130 valence electrons. The number of fused-ring (bicyclic) bond motifs is 1. The number of ether oxygens (including phenoxy) is 1. The number of aryl methyl sites for hydroxylation is 2. The van der Waals surface area contributed by atoms with Crippen molar-refractivity contribution in [1.82, 2.24) is 14.8 Å². The second kappa shape index (κ2) is 7.43. The molecule has 0 aliphatic rings. The van der Waals surface area contributed by atoms with Gasteiger partial charge in [0.15, 0.2) is 6.61 Å². The van der Waals surface area contributed by atoms with Crippen LogP contribution in [0.2, 0.25) is 0 Å². The SMILES string of the molecule is CCCn1ccc2c(OCC(=O)Nc3nnc(C)s3)cccc2c1=O. The average molecular weight is 358 g/mol. The molecule has 7 nitrogen and oxygen atoms in total. The first kappa shape index (κ1) is 17.1. The molecule has 0 bridgehead atoms. The standard InChI is InChI=1S/C17H18N4O3S/c1-3-8-21-9-7-12-13(16(21)23)5-4-6-14(12)24-10-15(22)18-17-20-19-11(2)25-17/h4-7,9H,3,8,10H2,1-2H3,(H,18,20,22). The van der Waals surface area contributed by atoms with Crippen LogP contribution in [0.25, 0.3) is 10.8 Å². The van der Waals surface area contributed by atoms with Crippen LogP contribution in [-0.4, -0.2) is 27.3 Å². The minimum absolute atomic E-state index is 0.0569. The van der Waals surface area contributed by atoms with Crippen molar-refractivity contribution in [2.75, 3.05) is 11.9 Å². The monoisotopic (exact) mass is 358 g/mol. The molecule has 0 spiro atoms. The summed E-state index contributed by atoms with van der Waals surface area (Å²) in [6, 6.07) is 7.10.